The highest BCUT2D eigenvalue weighted by atomic mass is 16.5. The van der Waals surface area contributed by atoms with Gasteiger partial charge < -0.3 is 9.64 Å². The zero-order valence-electron chi connectivity index (χ0n) is 15.3. The zero-order chi connectivity index (χ0) is 17.8. The van der Waals surface area contributed by atoms with Gasteiger partial charge in [-0.15, -0.1) is 0 Å². The number of rotatable bonds is 7. The van der Waals surface area contributed by atoms with Gasteiger partial charge in [0.2, 0.25) is 0 Å². The molecule has 3 aromatic rings. The van der Waals surface area contributed by atoms with Crippen LogP contribution in [0.1, 0.15) is 22.5 Å². The monoisotopic (exact) mass is 339 g/mol. The fourth-order valence-corrected chi connectivity index (χ4v) is 2.97. The van der Waals surface area contributed by atoms with E-state index in [1.165, 1.54) is 11.1 Å². The summed E-state index contributed by atoms with van der Waals surface area (Å²) in [5.74, 6) is 0.831. The van der Waals surface area contributed by atoms with Gasteiger partial charge in [-0.2, -0.15) is 10.2 Å². The lowest BCUT2D eigenvalue weighted by Crippen LogP contribution is -2.20. The molecule has 0 amide bonds. The molecular weight excluding hydrogens is 314 g/mol. The Labute approximate surface area is 148 Å². The molecule has 0 atom stereocenters. The molecule has 0 aliphatic rings. The summed E-state index contributed by atoms with van der Waals surface area (Å²) < 4.78 is 7.16. The Morgan fingerprint density at radius 3 is 2.84 bits per heavy atom. The topological polar surface area (TPSA) is 59.0 Å². The number of benzene rings is 1. The normalized spacial score (nSPS) is 11.2. The summed E-state index contributed by atoms with van der Waals surface area (Å²) in [6, 6.07) is 7.90. The molecule has 0 spiro atoms. The highest BCUT2D eigenvalue weighted by Gasteiger charge is 2.09. The summed E-state index contributed by atoms with van der Waals surface area (Å²) >= 11 is 0. The number of nitrogens with one attached hydrogen (secondary N) is 1. The first kappa shape index (κ1) is 17.2. The van der Waals surface area contributed by atoms with E-state index in [-0.39, 0.29) is 0 Å². The van der Waals surface area contributed by atoms with Crippen LogP contribution in [-0.4, -0.2) is 45.6 Å². The average Bonchev–Trinajstić information content (AvgIpc) is 3.20. The van der Waals surface area contributed by atoms with E-state index >= 15 is 0 Å². The van der Waals surface area contributed by atoms with Gasteiger partial charge in [-0.05, 0) is 45.0 Å². The van der Waals surface area contributed by atoms with E-state index in [4.69, 9.17) is 4.74 Å². The maximum atomic E-state index is 5.28. The van der Waals surface area contributed by atoms with Crippen molar-refractivity contribution in [2.45, 2.75) is 26.8 Å². The Morgan fingerprint density at radius 1 is 1.28 bits per heavy atom. The molecule has 1 aromatic carbocycles. The standard InChI is InChI=1S/C19H25N5O/c1-14-19(15(2)22-21-14)8-9-23(3)12-16-11-20-24(13-16)17-6-5-7-18(10-17)25-4/h5-7,10-11,13H,8-9,12H2,1-4H3,(H,21,22). The zero-order valence-corrected chi connectivity index (χ0v) is 15.3. The summed E-state index contributed by atoms with van der Waals surface area (Å²) in [5, 5.41) is 11.8. The van der Waals surface area contributed by atoms with Gasteiger partial charge in [-0.3, -0.25) is 5.10 Å². The molecular formula is C19H25N5O. The van der Waals surface area contributed by atoms with Gasteiger partial charge in [0, 0.05) is 36.6 Å². The van der Waals surface area contributed by atoms with E-state index in [1.807, 2.05) is 35.1 Å². The molecule has 0 aliphatic carbocycles. The minimum atomic E-state index is 0.831. The van der Waals surface area contributed by atoms with Crippen molar-refractivity contribution in [1.82, 2.24) is 24.9 Å². The first-order valence-corrected chi connectivity index (χ1v) is 8.44. The number of nitrogens with zero attached hydrogens (tertiary/aromatic N) is 4. The van der Waals surface area contributed by atoms with E-state index in [0.29, 0.717) is 0 Å². The maximum Gasteiger partial charge on any atom is 0.121 e. The first-order chi connectivity index (χ1) is 12.1. The van der Waals surface area contributed by atoms with Crippen LogP contribution in [0.5, 0.6) is 5.75 Å². The number of likely N-dealkylation sites (N-methyl/N-ethyl adjacent to an activating group) is 1. The number of hydrogen-bond donors (Lipinski definition) is 1. The molecule has 0 radical (unpaired) electrons. The van der Waals surface area contributed by atoms with E-state index in [9.17, 15) is 0 Å². The second-order valence-electron chi connectivity index (χ2n) is 6.39. The Hall–Kier alpha value is -2.60. The number of aromatic amines is 1. The molecule has 0 saturated heterocycles. The fourth-order valence-electron chi connectivity index (χ4n) is 2.97. The quantitative estimate of drug-likeness (QED) is 0.719. The third-order valence-electron chi connectivity index (χ3n) is 4.43. The van der Waals surface area contributed by atoms with Gasteiger partial charge in [0.25, 0.3) is 0 Å². The molecule has 2 heterocycles. The van der Waals surface area contributed by atoms with E-state index in [0.717, 1.165) is 42.3 Å². The van der Waals surface area contributed by atoms with Crippen LogP contribution >= 0.6 is 0 Å². The minimum absolute atomic E-state index is 0.831. The second kappa shape index (κ2) is 7.53. The SMILES string of the molecule is COc1cccc(-n2cc(CN(C)CCc3c(C)n[nH]c3C)cn2)c1. The maximum absolute atomic E-state index is 5.28. The summed E-state index contributed by atoms with van der Waals surface area (Å²) in [4.78, 5) is 2.30. The summed E-state index contributed by atoms with van der Waals surface area (Å²) in [6.45, 7) is 5.97. The summed E-state index contributed by atoms with van der Waals surface area (Å²) in [7, 11) is 3.81. The van der Waals surface area contributed by atoms with Crippen molar-refractivity contribution in [1.29, 1.82) is 0 Å². The van der Waals surface area contributed by atoms with Crippen molar-refractivity contribution in [3.63, 3.8) is 0 Å². The van der Waals surface area contributed by atoms with Crippen molar-refractivity contribution in [2.75, 3.05) is 20.7 Å². The highest BCUT2D eigenvalue weighted by Crippen LogP contribution is 2.17. The number of aryl methyl sites for hydroxylation is 2. The molecule has 132 valence electrons. The molecule has 0 fully saturated rings. The van der Waals surface area contributed by atoms with Crippen LogP contribution in [0.2, 0.25) is 0 Å². The Bertz CT molecular complexity index is 816. The van der Waals surface area contributed by atoms with Crippen LogP contribution in [0.15, 0.2) is 36.7 Å². The van der Waals surface area contributed by atoms with Crippen molar-refractivity contribution < 1.29 is 4.74 Å². The molecule has 0 bridgehead atoms. The van der Waals surface area contributed by atoms with Crippen LogP contribution < -0.4 is 4.74 Å². The smallest absolute Gasteiger partial charge is 0.121 e. The van der Waals surface area contributed by atoms with Crippen LogP contribution in [-0.2, 0) is 13.0 Å². The van der Waals surface area contributed by atoms with E-state index in [2.05, 4.69) is 47.3 Å². The molecule has 6 heteroatoms. The lowest BCUT2D eigenvalue weighted by molar-refractivity contribution is 0.331. The van der Waals surface area contributed by atoms with Crippen molar-refractivity contribution in [3.05, 3.63) is 59.2 Å². The molecule has 25 heavy (non-hydrogen) atoms. The van der Waals surface area contributed by atoms with Crippen LogP contribution in [0.3, 0.4) is 0 Å². The third-order valence-corrected chi connectivity index (χ3v) is 4.43. The van der Waals surface area contributed by atoms with Gasteiger partial charge in [0.15, 0.2) is 0 Å². The molecule has 0 unspecified atom stereocenters. The highest BCUT2D eigenvalue weighted by molar-refractivity contribution is 5.38. The lowest BCUT2D eigenvalue weighted by Gasteiger charge is -2.15. The predicted octanol–water partition coefficient (Wildman–Crippen LogP) is 2.90. The molecule has 6 nitrogen and oxygen atoms in total. The Morgan fingerprint density at radius 2 is 2.12 bits per heavy atom. The predicted molar refractivity (Wildman–Crippen MR) is 98.2 cm³/mol. The van der Waals surface area contributed by atoms with E-state index < -0.39 is 0 Å². The van der Waals surface area contributed by atoms with Crippen molar-refractivity contribution in [3.8, 4) is 11.4 Å². The van der Waals surface area contributed by atoms with Crippen LogP contribution in [0, 0.1) is 13.8 Å². The van der Waals surface area contributed by atoms with E-state index in [1.54, 1.807) is 7.11 Å². The largest absolute Gasteiger partial charge is 0.497 e. The molecule has 1 N–H and O–H groups in total. The fraction of sp³-hybridized carbons (Fsp3) is 0.368. The third kappa shape index (κ3) is 4.09. The molecule has 0 aliphatic heterocycles. The van der Waals surface area contributed by atoms with Gasteiger partial charge in [-0.1, -0.05) is 6.07 Å². The first-order valence-electron chi connectivity index (χ1n) is 8.44. The number of methoxy groups -OCH3 is 1. The number of aromatic nitrogens is 4. The minimum Gasteiger partial charge on any atom is -0.497 e. The second-order valence-corrected chi connectivity index (χ2v) is 6.39. The average molecular weight is 339 g/mol. The Kier molecular flexibility index (Phi) is 5.19. The summed E-state index contributed by atoms with van der Waals surface area (Å²) in [5.41, 5.74) is 5.76. The van der Waals surface area contributed by atoms with Crippen LogP contribution in [0.4, 0.5) is 0 Å². The van der Waals surface area contributed by atoms with Gasteiger partial charge in [0.1, 0.15) is 5.75 Å². The van der Waals surface area contributed by atoms with Gasteiger partial charge in [0.05, 0.1) is 24.7 Å². The number of hydrogen-bond acceptors (Lipinski definition) is 4. The number of ether oxygens (including phenoxy) is 1. The van der Waals surface area contributed by atoms with Crippen LogP contribution in [0.25, 0.3) is 5.69 Å². The van der Waals surface area contributed by atoms with Gasteiger partial charge >= 0.3 is 0 Å². The molecule has 3 rings (SSSR count). The van der Waals surface area contributed by atoms with Gasteiger partial charge in [-0.25, -0.2) is 4.68 Å². The Balaban J connectivity index is 1.61. The lowest BCUT2D eigenvalue weighted by atomic mass is 10.1. The molecule has 2 aromatic heterocycles. The van der Waals surface area contributed by atoms with Crippen molar-refractivity contribution in [2.24, 2.45) is 0 Å². The number of H-pyrrole nitrogens is 1. The molecule has 0 saturated carbocycles. The summed E-state index contributed by atoms with van der Waals surface area (Å²) in [6.07, 6.45) is 4.98. The van der Waals surface area contributed by atoms with Crippen molar-refractivity contribution >= 4 is 0 Å².